The SMILES string of the molecule is CC[C@@]12CO[C@@H](CO1)[C@@H]2O. The van der Waals surface area contributed by atoms with E-state index < -0.39 is 6.10 Å². The molecular formula is C7H12O3. The zero-order valence-electron chi connectivity index (χ0n) is 6.04. The molecule has 2 rings (SSSR count). The van der Waals surface area contributed by atoms with Crippen molar-refractivity contribution in [3.05, 3.63) is 0 Å². The van der Waals surface area contributed by atoms with E-state index >= 15 is 0 Å². The van der Waals surface area contributed by atoms with Crippen LogP contribution in [0.3, 0.4) is 0 Å². The maximum absolute atomic E-state index is 9.53. The summed E-state index contributed by atoms with van der Waals surface area (Å²) in [5.74, 6) is 0. The zero-order chi connectivity index (χ0) is 7.19. The van der Waals surface area contributed by atoms with Crippen molar-refractivity contribution in [2.75, 3.05) is 13.2 Å². The van der Waals surface area contributed by atoms with Crippen LogP contribution in [0.25, 0.3) is 0 Å². The molecule has 2 heterocycles. The molecule has 2 fully saturated rings. The molecule has 1 N–H and O–H groups in total. The summed E-state index contributed by atoms with van der Waals surface area (Å²) in [5, 5.41) is 9.53. The number of hydrogen-bond donors (Lipinski definition) is 1. The number of hydrogen-bond acceptors (Lipinski definition) is 3. The van der Waals surface area contributed by atoms with E-state index in [0.29, 0.717) is 13.2 Å². The summed E-state index contributed by atoms with van der Waals surface area (Å²) in [7, 11) is 0. The monoisotopic (exact) mass is 144 g/mol. The fourth-order valence-corrected chi connectivity index (χ4v) is 1.69. The lowest BCUT2D eigenvalue weighted by molar-refractivity contribution is -0.102. The summed E-state index contributed by atoms with van der Waals surface area (Å²) >= 11 is 0. The van der Waals surface area contributed by atoms with Gasteiger partial charge in [-0.15, -0.1) is 0 Å². The fourth-order valence-electron chi connectivity index (χ4n) is 1.69. The third-order valence-electron chi connectivity index (χ3n) is 2.57. The van der Waals surface area contributed by atoms with Crippen LogP contribution >= 0.6 is 0 Å². The van der Waals surface area contributed by atoms with Gasteiger partial charge in [-0.2, -0.15) is 0 Å². The maximum atomic E-state index is 9.53. The second-order valence-electron chi connectivity index (χ2n) is 3.02. The summed E-state index contributed by atoms with van der Waals surface area (Å²) < 4.78 is 10.7. The quantitative estimate of drug-likeness (QED) is 0.559. The third-order valence-corrected chi connectivity index (χ3v) is 2.57. The lowest BCUT2D eigenvalue weighted by atomic mass is 9.97. The van der Waals surface area contributed by atoms with Crippen molar-refractivity contribution >= 4 is 0 Å². The molecule has 10 heavy (non-hydrogen) atoms. The minimum atomic E-state index is -0.391. The molecule has 3 atom stereocenters. The van der Waals surface area contributed by atoms with Crippen molar-refractivity contribution in [2.24, 2.45) is 0 Å². The average Bonchev–Trinajstić information content (AvgIpc) is 2.46. The third kappa shape index (κ3) is 0.603. The first-order valence-corrected chi connectivity index (χ1v) is 3.72. The van der Waals surface area contributed by atoms with Gasteiger partial charge in [0.2, 0.25) is 0 Å². The second-order valence-corrected chi connectivity index (χ2v) is 3.02. The molecule has 2 saturated heterocycles. The van der Waals surface area contributed by atoms with E-state index in [4.69, 9.17) is 9.47 Å². The van der Waals surface area contributed by atoms with Crippen LogP contribution in [0.1, 0.15) is 13.3 Å². The summed E-state index contributed by atoms with van der Waals surface area (Å²) in [6, 6.07) is 0. The minimum absolute atomic E-state index is 0.0556. The van der Waals surface area contributed by atoms with Gasteiger partial charge in [0.05, 0.1) is 13.2 Å². The van der Waals surface area contributed by atoms with E-state index in [-0.39, 0.29) is 11.7 Å². The Bertz CT molecular complexity index is 138. The Morgan fingerprint density at radius 2 is 2.50 bits per heavy atom. The van der Waals surface area contributed by atoms with Gasteiger partial charge in [-0.25, -0.2) is 0 Å². The highest BCUT2D eigenvalue weighted by atomic mass is 16.6. The fraction of sp³-hybridized carbons (Fsp3) is 1.00. The normalized spacial score (nSPS) is 52.2. The Balaban J connectivity index is 2.22. The Morgan fingerprint density at radius 3 is 2.70 bits per heavy atom. The summed E-state index contributed by atoms with van der Waals surface area (Å²) in [6.07, 6.45) is 0.391. The second kappa shape index (κ2) is 1.94. The van der Waals surface area contributed by atoms with E-state index in [1.165, 1.54) is 0 Å². The van der Waals surface area contributed by atoms with Crippen LogP contribution in [0.15, 0.2) is 0 Å². The Labute approximate surface area is 59.9 Å². The molecule has 0 unspecified atom stereocenters. The van der Waals surface area contributed by atoms with Gasteiger partial charge in [-0.1, -0.05) is 6.92 Å². The molecule has 0 aliphatic carbocycles. The van der Waals surface area contributed by atoms with Crippen LogP contribution in [0.5, 0.6) is 0 Å². The maximum Gasteiger partial charge on any atom is 0.120 e. The largest absolute Gasteiger partial charge is 0.387 e. The Hall–Kier alpha value is -0.120. The predicted molar refractivity (Wildman–Crippen MR) is 34.7 cm³/mol. The lowest BCUT2D eigenvalue weighted by Crippen LogP contribution is -2.39. The summed E-state index contributed by atoms with van der Waals surface area (Å²) in [6.45, 7) is 3.14. The van der Waals surface area contributed by atoms with Gasteiger partial charge < -0.3 is 14.6 Å². The van der Waals surface area contributed by atoms with Gasteiger partial charge in [0.15, 0.2) is 0 Å². The first-order chi connectivity index (χ1) is 4.78. The van der Waals surface area contributed by atoms with Crippen LogP contribution < -0.4 is 0 Å². The van der Waals surface area contributed by atoms with Crippen molar-refractivity contribution in [1.29, 1.82) is 0 Å². The average molecular weight is 144 g/mol. The van der Waals surface area contributed by atoms with Crippen molar-refractivity contribution in [3.63, 3.8) is 0 Å². The molecule has 0 spiro atoms. The van der Waals surface area contributed by atoms with Crippen molar-refractivity contribution in [1.82, 2.24) is 0 Å². The molecule has 3 nitrogen and oxygen atoms in total. The first kappa shape index (κ1) is 6.58. The van der Waals surface area contributed by atoms with Gasteiger partial charge in [0.1, 0.15) is 17.8 Å². The predicted octanol–water partition coefficient (Wildman–Crippen LogP) is -0.0749. The van der Waals surface area contributed by atoms with Crippen molar-refractivity contribution in [3.8, 4) is 0 Å². The topological polar surface area (TPSA) is 38.7 Å². The molecule has 0 aromatic heterocycles. The number of fused-ring (bicyclic) bond motifs is 2. The van der Waals surface area contributed by atoms with E-state index in [1.54, 1.807) is 0 Å². The van der Waals surface area contributed by atoms with E-state index in [1.807, 2.05) is 6.92 Å². The molecular weight excluding hydrogens is 132 g/mol. The molecule has 0 aromatic rings. The number of aliphatic hydroxyl groups excluding tert-OH is 1. The highest BCUT2D eigenvalue weighted by Gasteiger charge is 2.54. The van der Waals surface area contributed by atoms with Gasteiger partial charge in [0.25, 0.3) is 0 Å². The summed E-state index contributed by atoms with van der Waals surface area (Å²) in [4.78, 5) is 0. The molecule has 2 aliphatic heterocycles. The van der Waals surface area contributed by atoms with Crippen LogP contribution in [-0.4, -0.2) is 36.1 Å². The summed E-state index contributed by atoms with van der Waals surface area (Å²) in [5.41, 5.74) is -0.356. The van der Waals surface area contributed by atoms with Crippen LogP contribution in [0.2, 0.25) is 0 Å². The Kier molecular flexibility index (Phi) is 1.27. The zero-order valence-corrected chi connectivity index (χ0v) is 6.04. The van der Waals surface area contributed by atoms with Gasteiger partial charge in [-0.05, 0) is 6.42 Å². The highest BCUT2D eigenvalue weighted by molar-refractivity contribution is 5.02. The van der Waals surface area contributed by atoms with E-state index in [0.717, 1.165) is 6.42 Å². The smallest absolute Gasteiger partial charge is 0.120 e. The first-order valence-electron chi connectivity index (χ1n) is 3.72. The molecule has 3 heteroatoms. The molecule has 2 aliphatic rings. The minimum Gasteiger partial charge on any atom is -0.387 e. The standard InChI is InChI=1S/C7H12O3/c1-2-7-4-9-5(3-10-7)6(7)8/h5-6,8H,2-4H2,1H3/t5-,6-,7-/m0/s1. The van der Waals surface area contributed by atoms with Crippen molar-refractivity contribution < 1.29 is 14.6 Å². The van der Waals surface area contributed by atoms with Gasteiger partial charge >= 0.3 is 0 Å². The molecule has 0 aromatic carbocycles. The van der Waals surface area contributed by atoms with Gasteiger partial charge in [-0.3, -0.25) is 0 Å². The molecule has 0 amide bonds. The van der Waals surface area contributed by atoms with E-state index in [2.05, 4.69) is 0 Å². The highest BCUT2D eigenvalue weighted by Crippen LogP contribution is 2.37. The molecule has 58 valence electrons. The molecule has 0 radical (unpaired) electrons. The van der Waals surface area contributed by atoms with Crippen LogP contribution in [-0.2, 0) is 9.47 Å². The van der Waals surface area contributed by atoms with Crippen LogP contribution in [0, 0.1) is 0 Å². The Morgan fingerprint density at radius 1 is 1.70 bits per heavy atom. The molecule has 0 saturated carbocycles. The van der Waals surface area contributed by atoms with E-state index in [9.17, 15) is 5.11 Å². The van der Waals surface area contributed by atoms with Gasteiger partial charge in [0, 0.05) is 0 Å². The lowest BCUT2D eigenvalue weighted by Gasteiger charge is -2.25. The number of aliphatic hydroxyl groups is 1. The number of ether oxygens (including phenoxy) is 2. The molecule has 2 bridgehead atoms. The van der Waals surface area contributed by atoms with Crippen molar-refractivity contribution in [2.45, 2.75) is 31.2 Å². The van der Waals surface area contributed by atoms with Crippen LogP contribution in [0.4, 0.5) is 0 Å². The number of rotatable bonds is 1.